The van der Waals surface area contributed by atoms with Gasteiger partial charge in [0.25, 0.3) is 0 Å². The van der Waals surface area contributed by atoms with Crippen molar-refractivity contribution in [2.75, 3.05) is 44.2 Å². The molecule has 164 valence electrons. The van der Waals surface area contributed by atoms with Gasteiger partial charge in [-0.25, -0.2) is 4.98 Å². The fourth-order valence-corrected chi connectivity index (χ4v) is 4.64. The van der Waals surface area contributed by atoms with E-state index in [4.69, 9.17) is 10.1 Å². The van der Waals surface area contributed by atoms with Crippen LogP contribution in [0.25, 0.3) is 28.0 Å². The molecule has 0 radical (unpaired) electrons. The van der Waals surface area contributed by atoms with Gasteiger partial charge in [0.1, 0.15) is 12.4 Å². The van der Waals surface area contributed by atoms with Crippen LogP contribution in [0.5, 0.6) is 0 Å². The highest BCUT2D eigenvalue weighted by Gasteiger charge is 2.25. The predicted molar refractivity (Wildman–Crippen MR) is 128 cm³/mol. The Morgan fingerprint density at radius 2 is 1.59 bits per heavy atom. The highest BCUT2D eigenvalue weighted by atomic mass is 16.3. The van der Waals surface area contributed by atoms with E-state index < -0.39 is 0 Å². The molecule has 0 aliphatic carbocycles. The second kappa shape index (κ2) is 9.10. The van der Waals surface area contributed by atoms with Crippen LogP contribution in [-0.2, 0) is 6.42 Å². The molecule has 1 aliphatic rings. The van der Waals surface area contributed by atoms with Crippen molar-refractivity contribution >= 4 is 11.5 Å². The van der Waals surface area contributed by atoms with Crippen molar-refractivity contribution in [1.29, 1.82) is 0 Å². The topological polar surface area (TPSA) is 58.1 Å². The van der Waals surface area contributed by atoms with Crippen LogP contribution in [0.3, 0.4) is 0 Å². The summed E-state index contributed by atoms with van der Waals surface area (Å²) in [5, 5.41) is 14.4. The molecule has 4 aromatic rings. The van der Waals surface area contributed by atoms with E-state index in [1.54, 1.807) is 0 Å². The largest absolute Gasteiger partial charge is 0.391 e. The smallest absolute Gasteiger partial charge is 0.166 e. The van der Waals surface area contributed by atoms with E-state index in [-0.39, 0.29) is 6.61 Å². The van der Waals surface area contributed by atoms with Gasteiger partial charge in [0.2, 0.25) is 0 Å². The molecule has 3 heterocycles. The van der Waals surface area contributed by atoms with Crippen molar-refractivity contribution in [2.24, 2.45) is 0 Å². The molecule has 1 fully saturated rings. The Kier molecular flexibility index (Phi) is 5.88. The number of hydrogen-bond acceptors (Lipinski definition) is 4. The number of hydrogen-bond donors (Lipinski definition) is 2. The quantitative estimate of drug-likeness (QED) is 0.495. The standard InChI is InChI=1S/C26H29N5O/c1-2-22-25(21-11-7-4-8-12-21)26-27-23(20-9-5-3-6-10-20)19-24(31(26)28-22)30-15-13-29(14-16-30)17-18-32/h3-12,19,32H,2,13-18H2,1H3/p+1. The number of rotatable bonds is 6. The lowest BCUT2D eigenvalue weighted by atomic mass is 10.0. The number of benzene rings is 2. The van der Waals surface area contributed by atoms with E-state index in [0.717, 1.165) is 78.7 Å². The second-order valence-corrected chi connectivity index (χ2v) is 8.35. The summed E-state index contributed by atoms with van der Waals surface area (Å²) in [4.78, 5) is 9.00. The van der Waals surface area contributed by atoms with Gasteiger partial charge in [0.05, 0.1) is 44.2 Å². The molecule has 32 heavy (non-hydrogen) atoms. The maximum atomic E-state index is 9.32. The summed E-state index contributed by atoms with van der Waals surface area (Å²) < 4.78 is 2.05. The first-order chi connectivity index (χ1) is 15.8. The summed E-state index contributed by atoms with van der Waals surface area (Å²) in [6.07, 6.45) is 0.849. The van der Waals surface area contributed by atoms with Crippen LogP contribution < -0.4 is 9.80 Å². The van der Waals surface area contributed by atoms with E-state index in [0.29, 0.717) is 0 Å². The Balaban J connectivity index is 1.68. The van der Waals surface area contributed by atoms with Crippen molar-refractivity contribution in [3.05, 3.63) is 72.4 Å². The van der Waals surface area contributed by atoms with Crippen LogP contribution in [0.1, 0.15) is 12.6 Å². The monoisotopic (exact) mass is 428 g/mol. The molecule has 1 saturated heterocycles. The molecule has 5 rings (SSSR count). The van der Waals surface area contributed by atoms with Crippen LogP contribution in [0.4, 0.5) is 5.82 Å². The summed E-state index contributed by atoms with van der Waals surface area (Å²) in [6, 6.07) is 23.0. The Morgan fingerprint density at radius 3 is 2.22 bits per heavy atom. The Bertz CT molecular complexity index is 1180. The van der Waals surface area contributed by atoms with Crippen LogP contribution in [-0.4, -0.2) is 59.0 Å². The number of quaternary nitrogens is 1. The third-order valence-corrected chi connectivity index (χ3v) is 6.37. The highest BCUT2D eigenvalue weighted by molar-refractivity contribution is 5.83. The molecule has 0 bridgehead atoms. The third kappa shape index (κ3) is 3.87. The first-order valence-electron chi connectivity index (χ1n) is 11.5. The van der Waals surface area contributed by atoms with Gasteiger partial charge in [0.15, 0.2) is 5.65 Å². The lowest BCUT2D eigenvalue weighted by molar-refractivity contribution is -0.900. The van der Waals surface area contributed by atoms with Gasteiger partial charge in [-0.1, -0.05) is 67.6 Å². The number of anilines is 1. The van der Waals surface area contributed by atoms with Gasteiger partial charge < -0.3 is 14.9 Å². The zero-order valence-electron chi connectivity index (χ0n) is 18.5. The van der Waals surface area contributed by atoms with Crippen molar-refractivity contribution < 1.29 is 10.0 Å². The maximum Gasteiger partial charge on any atom is 0.166 e. The fraction of sp³-hybridized carbons (Fsp3) is 0.308. The molecule has 6 heteroatoms. The number of aliphatic hydroxyl groups excluding tert-OH is 1. The summed E-state index contributed by atoms with van der Waals surface area (Å²) in [5.41, 5.74) is 6.34. The first-order valence-corrected chi connectivity index (χ1v) is 11.5. The van der Waals surface area contributed by atoms with E-state index in [9.17, 15) is 5.11 Å². The molecule has 1 aliphatic heterocycles. The number of nitrogens with zero attached hydrogens (tertiary/aromatic N) is 4. The summed E-state index contributed by atoms with van der Waals surface area (Å²) in [6.45, 7) is 7.11. The zero-order valence-corrected chi connectivity index (χ0v) is 18.5. The molecule has 0 amide bonds. The number of aryl methyl sites for hydroxylation is 1. The van der Waals surface area contributed by atoms with Crippen LogP contribution in [0.15, 0.2) is 66.7 Å². The van der Waals surface area contributed by atoms with Crippen molar-refractivity contribution in [1.82, 2.24) is 14.6 Å². The minimum Gasteiger partial charge on any atom is -0.391 e. The van der Waals surface area contributed by atoms with E-state index in [1.807, 2.05) is 16.6 Å². The van der Waals surface area contributed by atoms with Crippen molar-refractivity contribution in [3.63, 3.8) is 0 Å². The lowest BCUT2D eigenvalue weighted by Gasteiger charge is -2.33. The number of aliphatic hydroxyl groups is 1. The van der Waals surface area contributed by atoms with Gasteiger partial charge in [0, 0.05) is 17.2 Å². The molecule has 2 aromatic heterocycles. The lowest BCUT2D eigenvalue weighted by Crippen LogP contribution is -3.15. The van der Waals surface area contributed by atoms with Crippen LogP contribution >= 0.6 is 0 Å². The summed E-state index contributed by atoms with van der Waals surface area (Å²) in [5.74, 6) is 1.09. The molecular formula is C26H30N5O+. The summed E-state index contributed by atoms with van der Waals surface area (Å²) in [7, 11) is 0. The second-order valence-electron chi connectivity index (χ2n) is 8.35. The molecule has 2 N–H and O–H groups in total. The average molecular weight is 429 g/mol. The van der Waals surface area contributed by atoms with Crippen LogP contribution in [0.2, 0.25) is 0 Å². The van der Waals surface area contributed by atoms with Crippen molar-refractivity contribution in [2.45, 2.75) is 13.3 Å². The summed E-state index contributed by atoms with van der Waals surface area (Å²) >= 11 is 0. The van der Waals surface area contributed by atoms with E-state index in [1.165, 1.54) is 4.90 Å². The predicted octanol–water partition coefficient (Wildman–Crippen LogP) is 2.32. The number of aromatic nitrogens is 3. The van der Waals surface area contributed by atoms with Gasteiger partial charge >= 0.3 is 0 Å². The average Bonchev–Trinajstić information content (AvgIpc) is 3.24. The molecule has 6 nitrogen and oxygen atoms in total. The van der Waals surface area contributed by atoms with E-state index in [2.05, 4.69) is 66.4 Å². The van der Waals surface area contributed by atoms with Gasteiger partial charge in [-0.3, -0.25) is 0 Å². The number of fused-ring (bicyclic) bond motifs is 1. The molecule has 0 saturated carbocycles. The van der Waals surface area contributed by atoms with Gasteiger partial charge in [-0.2, -0.15) is 9.61 Å². The zero-order chi connectivity index (χ0) is 21.9. The van der Waals surface area contributed by atoms with Crippen molar-refractivity contribution in [3.8, 4) is 22.4 Å². The Hall–Kier alpha value is -3.22. The molecule has 0 atom stereocenters. The van der Waals surface area contributed by atoms with Gasteiger partial charge in [-0.05, 0) is 12.0 Å². The number of piperazine rings is 1. The fourth-order valence-electron chi connectivity index (χ4n) is 4.64. The normalized spacial score (nSPS) is 14.9. The minimum absolute atomic E-state index is 0.243. The number of nitrogens with one attached hydrogen (secondary N) is 1. The third-order valence-electron chi connectivity index (χ3n) is 6.37. The van der Waals surface area contributed by atoms with Gasteiger partial charge in [-0.15, -0.1) is 0 Å². The SMILES string of the molecule is CCc1nn2c(N3CC[NH+](CCO)CC3)cc(-c3ccccc3)nc2c1-c1ccccc1. The molecule has 0 unspecified atom stereocenters. The maximum absolute atomic E-state index is 9.32. The Labute approximate surface area is 188 Å². The van der Waals surface area contributed by atoms with Crippen LogP contribution in [0, 0.1) is 0 Å². The molecular weight excluding hydrogens is 398 g/mol. The highest BCUT2D eigenvalue weighted by Crippen LogP contribution is 2.33. The molecule has 0 spiro atoms. The first kappa shape index (κ1) is 20.7. The molecule has 2 aromatic carbocycles. The minimum atomic E-state index is 0.243. The van der Waals surface area contributed by atoms with E-state index >= 15 is 0 Å². The Morgan fingerprint density at radius 1 is 0.938 bits per heavy atom.